The summed E-state index contributed by atoms with van der Waals surface area (Å²) < 4.78 is 49.4. The Morgan fingerprint density at radius 3 is 2.39 bits per heavy atom. The van der Waals surface area contributed by atoms with Crippen molar-refractivity contribution in [1.82, 2.24) is 4.31 Å². The van der Waals surface area contributed by atoms with Gasteiger partial charge in [0.15, 0.2) is 10.4 Å². The normalized spacial score (nSPS) is 17.3. The van der Waals surface area contributed by atoms with Crippen LogP contribution in [0.15, 0.2) is 45.7 Å². The summed E-state index contributed by atoms with van der Waals surface area (Å²) in [5.74, 6) is -0.831. The van der Waals surface area contributed by atoms with E-state index in [0.717, 1.165) is 6.08 Å². The van der Waals surface area contributed by atoms with E-state index in [1.165, 1.54) is 22.5 Å². The zero-order valence-corrected chi connectivity index (χ0v) is 22.3. The fourth-order valence-corrected chi connectivity index (χ4v) is 5.60. The zero-order chi connectivity index (χ0) is 25.5. The highest BCUT2D eigenvalue weighted by Gasteiger charge is 2.28. The number of morpholine rings is 2. The van der Waals surface area contributed by atoms with E-state index in [0.29, 0.717) is 60.4 Å². The number of anilines is 2. The highest BCUT2D eigenvalue weighted by molar-refractivity contribution is 14.1. The molecule has 4 rings (SSSR count). The van der Waals surface area contributed by atoms with Crippen molar-refractivity contribution in [3.8, 4) is 0 Å². The second kappa shape index (κ2) is 12.2. The van der Waals surface area contributed by atoms with Crippen LogP contribution in [0.25, 0.3) is 6.08 Å². The van der Waals surface area contributed by atoms with Crippen LogP contribution < -0.4 is 10.2 Å². The number of esters is 1. The summed E-state index contributed by atoms with van der Waals surface area (Å²) in [4.78, 5) is 26.7. The van der Waals surface area contributed by atoms with Crippen LogP contribution in [0, 0.1) is 3.77 Å². The third-order valence-electron chi connectivity index (χ3n) is 5.52. The predicted octanol–water partition coefficient (Wildman–Crippen LogP) is 1.94. The molecule has 1 N–H and O–H groups in total. The van der Waals surface area contributed by atoms with Crippen LogP contribution in [0.4, 0.5) is 11.4 Å². The van der Waals surface area contributed by atoms with Crippen molar-refractivity contribution in [2.75, 3.05) is 69.4 Å². The molecule has 2 fully saturated rings. The second-order valence-electron chi connectivity index (χ2n) is 7.93. The Morgan fingerprint density at radius 1 is 1.03 bits per heavy atom. The van der Waals surface area contributed by atoms with E-state index in [-0.39, 0.29) is 18.0 Å². The fourth-order valence-electron chi connectivity index (χ4n) is 3.73. The molecule has 3 heterocycles. The molecule has 0 spiro atoms. The van der Waals surface area contributed by atoms with Crippen molar-refractivity contribution in [3.63, 3.8) is 0 Å². The van der Waals surface area contributed by atoms with E-state index in [1.54, 1.807) is 18.2 Å². The number of carbonyl (C=O) groups excluding carboxylic acids is 2. The van der Waals surface area contributed by atoms with Crippen LogP contribution >= 0.6 is 22.6 Å². The molecule has 1 amide bonds. The molecule has 0 aliphatic carbocycles. The third-order valence-corrected chi connectivity index (χ3v) is 8.00. The van der Waals surface area contributed by atoms with Gasteiger partial charge in [-0.3, -0.25) is 4.79 Å². The molecule has 11 nitrogen and oxygen atoms in total. The second-order valence-corrected chi connectivity index (χ2v) is 10.9. The number of amides is 1. The number of sulfonamides is 1. The van der Waals surface area contributed by atoms with Gasteiger partial charge in [0.05, 0.1) is 42.7 Å². The first-order chi connectivity index (χ1) is 17.3. The minimum absolute atomic E-state index is 0.0599. The Labute approximate surface area is 222 Å². The first-order valence-corrected chi connectivity index (χ1v) is 13.8. The van der Waals surface area contributed by atoms with Crippen molar-refractivity contribution in [2.45, 2.75) is 4.90 Å². The number of carbonyl (C=O) groups is 2. The Kier molecular flexibility index (Phi) is 9.00. The van der Waals surface area contributed by atoms with Crippen molar-refractivity contribution in [2.24, 2.45) is 0 Å². The van der Waals surface area contributed by atoms with Crippen molar-refractivity contribution in [1.29, 1.82) is 0 Å². The van der Waals surface area contributed by atoms with Crippen LogP contribution in [0.2, 0.25) is 0 Å². The molecule has 2 aromatic rings. The lowest BCUT2D eigenvalue weighted by Crippen LogP contribution is -2.40. The van der Waals surface area contributed by atoms with Gasteiger partial charge in [0, 0.05) is 32.3 Å². The van der Waals surface area contributed by atoms with E-state index in [9.17, 15) is 18.0 Å². The number of ether oxygens (including phenoxy) is 3. The van der Waals surface area contributed by atoms with Gasteiger partial charge in [-0.25, -0.2) is 13.2 Å². The molecule has 1 aromatic carbocycles. The molecule has 1 aromatic heterocycles. The quantitative estimate of drug-likeness (QED) is 0.264. The molecule has 0 saturated carbocycles. The number of nitrogens with one attached hydrogen (secondary N) is 1. The van der Waals surface area contributed by atoms with Crippen LogP contribution in [0.5, 0.6) is 0 Å². The van der Waals surface area contributed by atoms with Crippen molar-refractivity contribution >= 4 is 61.9 Å². The van der Waals surface area contributed by atoms with Gasteiger partial charge in [-0.1, -0.05) is 0 Å². The molecule has 0 radical (unpaired) electrons. The summed E-state index contributed by atoms with van der Waals surface area (Å²) in [6.07, 6.45) is 2.61. The lowest BCUT2D eigenvalue weighted by atomic mass is 10.2. The van der Waals surface area contributed by atoms with Gasteiger partial charge in [-0.2, -0.15) is 4.31 Å². The zero-order valence-electron chi connectivity index (χ0n) is 19.4. The highest BCUT2D eigenvalue weighted by Crippen LogP contribution is 2.31. The topological polar surface area (TPSA) is 128 Å². The number of benzene rings is 1. The Morgan fingerprint density at radius 2 is 1.72 bits per heavy atom. The first-order valence-electron chi connectivity index (χ1n) is 11.3. The van der Waals surface area contributed by atoms with E-state index in [4.69, 9.17) is 18.6 Å². The maximum atomic E-state index is 13.2. The van der Waals surface area contributed by atoms with Gasteiger partial charge in [0.1, 0.15) is 5.76 Å². The standard InChI is InChI=1S/C23H26IN3O8S/c24-21-5-1-17(35-21)2-6-23(29)34-16-22(28)25-19-15-18(36(30,31)27-9-13-33-14-10-27)3-4-20(19)26-7-11-32-12-8-26/h1-6,15H,7-14,16H2,(H,25,28)/b6-2+. The molecule has 194 valence electrons. The Bertz CT molecular complexity index is 1220. The summed E-state index contributed by atoms with van der Waals surface area (Å²) in [6, 6.07) is 8.09. The number of hydrogen-bond acceptors (Lipinski definition) is 9. The average molecular weight is 631 g/mol. The van der Waals surface area contributed by atoms with Gasteiger partial charge in [0.25, 0.3) is 5.91 Å². The van der Waals surface area contributed by atoms with Gasteiger partial charge >= 0.3 is 5.97 Å². The summed E-state index contributed by atoms with van der Waals surface area (Å²) in [5, 5.41) is 2.71. The monoisotopic (exact) mass is 631 g/mol. The van der Waals surface area contributed by atoms with Gasteiger partial charge in [-0.05, 0) is 59.0 Å². The molecule has 0 bridgehead atoms. The minimum atomic E-state index is -3.77. The van der Waals surface area contributed by atoms with Crippen LogP contribution in [-0.4, -0.2) is 83.8 Å². The Balaban J connectivity index is 1.47. The van der Waals surface area contributed by atoms with Crippen molar-refractivity contribution < 1.29 is 36.6 Å². The molecule has 0 atom stereocenters. The minimum Gasteiger partial charge on any atom is -0.452 e. The van der Waals surface area contributed by atoms with Crippen LogP contribution in [-0.2, 0) is 33.8 Å². The molecular weight excluding hydrogens is 605 g/mol. The summed E-state index contributed by atoms with van der Waals surface area (Å²) >= 11 is 2.01. The Hall–Kier alpha value is -2.46. The number of rotatable bonds is 8. The molecule has 0 unspecified atom stereocenters. The third kappa shape index (κ3) is 6.85. The van der Waals surface area contributed by atoms with Crippen LogP contribution in [0.3, 0.4) is 0 Å². The van der Waals surface area contributed by atoms with Gasteiger partial charge in [0.2, 0.25) is 10.0 Å². The maximum absolute atomic E-state index is 13.2. The molecule has 36 heavy (non-hydrogen) atoms. The fraction of sp³-hybridized carbons (Fsp3) is 0.391. The van der Waals surface area contributed by atoms with Crippen LogP contribution in [0.1, 0.15) is 5.76 Å². The lowest BCUT2D eigenvalue weighted by Gasteiger charge is -2.31. The number of halogens is 1. The number of hydrogen-bond donors (Lipinski definition) is 1. The molecule has 2 saturated heterocycles. The summed E-state index contributed by atoms with van der Waals surface area (Å²) in [5.41, 5.74) is 0.971. The number of nitrogens with zero attached hydrogens (tertiary/aromatic N) is 2. The molecule has 2 aliphatic heterocycles. The molecular formula is C23H26IN3O8S. The van der Waals surface area contributed by atoms with E-state index >= 15 is 0 Å². The average Bonchev–Trinajstić information content (AvgIpc) is 3.32. The summed E-state index contributed by atoms with van der Waals surface area (Å²) in [6.45, 7) is 2.84. The number of furan rings is 1. The van der Waals surface area contributed by atoms with Gasteiger partial charge in [-0.15, -0.1) is 0 Å². The van der Waals surface area contributed by atoms with E-state index in [2.05, 4.69) is 5.32 Å². The predicted molar refractivity (Wildman–Crippen MR) is 139 cm³/mol. The SMILES string of the molecule is O=C(COC(=O)/C=C/c1ccc(I)o1)Nc1cc(S(=O)(=O)N2CCOCC2)ccc1N1CCOCC1. The van der Waals surface area contributed by atoms with E-state index in [1.807, 2.05) is 27.5 Å². The first kappa shape index (κ1) is 26.6. The smallest absolute Gasteiger partial charge is 0.331 e. The molecule has 13 heteroatoms. The molecule has 2 aliphatic rings. The highest BCUT2D eigenvalue weighted by atomic mass is 127. The maximum Gasteiger partial charge on any atom is 0.331 e. The van der Waals surface area contributed by atoms with Gasteiger partial charge < -0.3 is 28.8 Å². The lowest BCUT2D eigenvalue weighted by molar-refractivity contribution is -0.142. The van der Waals surface area contributed by atoms with E-state index < -0.39 is 28.5 Å². The summed E-state index contributed by atoms with van der Waals surface area (Å²) in [7, 11) is -3.77. The largest absolute Gasteiger partial charge is 0.452 e. The van der Waals surface area contributed by atoms with Crippen molar-refractivity contribution in [3.05, 3.63) is 45.9 Å².